The summed E-state index contributed by atoms with van der Waals surface area (Å²) < 4.78 is 10.5. The molecule has 3 N–H and O–H groups in total. The fraction of sp³-hybridized carbons (Fsp3) is 0.500. The largest absolute Gasteiger partial charge is 0.487 e. The number of carbonyl (C=O) groups excluding carboxylic acids is 1. The third-order valence-corrected chi connectivity index (χ3v) is 2.99. The second-order valence-corrected chi connectivity index (χ2v) is 4.75. The van der Waals surface area contributed by atoms with Crippen LogP contribution in [-0.2, 0) is 9.53 Å². The molecular weight excluding hydrogens is 315 g/mol. The predicted molar refractivity (Wildman–Crippen MR) is 87.6 cm³/mol. The Kier molecular flexibility index (Phi) is 10.2. The number of nitrogens with two attached hydrogens (primary N) is 1. The second kappa shape index (κ2) is 10.7. The molecule has 0 saturated heterocycles. The Bertz CT molecular complexity index is 444. The van der Waals surface area contributed by atoms with E-state index in [-0.39, 0.29) is 18.3 Å². The summed E-state index contributed by atoms with van der Waals surface area (Å²) in [7, 11) is 1.59. The number of para-hydroxylation sites is 1. The molecule has 1 unspecified atom stereocenters. The summed E-state index contributed by atoms with van der Waals surface area (Å²) in [6.07, 6.45) is 1.48. The van der Waals surface area contributed by atoms with Crippen molar-refractivity contribution in [1.29, 1.82) is 0 Å². The van der Waals surface area contributed by atoms with Gasteiger partial charge in [-0.1, -0.05) is 31.0 Å². The van der Waals surface area contributed by atoms with Crippen molar-refractivity contribution in [3.8, 4) is 5.75 Å². The van der Waals surface area contributed by atoms with Crippen molar-refractivity contribution in [3.05, 3.63) is 23.2 Å². The summed E-state index contributed by atoms with van der Waals surface area (Å²) in [5.41, 5.74) is 6.30. The van der Waals surface area contributed by atoms with Crippen molar-refractivity contribution in [3.63, 3.8) is 0 Å². The predicted octanol–water partition coefficient (Wildman–Crippen LogP) is 2.85. The van der Waals surface area contributed by atoms with Crippen LogP contribution in [0.1, 0.15) is 19.8 Å². The molecule has 1 aromatic carbocycles. The number of amides is 1. The zero-order valence-corrected chi connectivity index (χ0v) is 13.8. The van der Waals surface area contributed by atoms with Gasteiger partial charge < -0.3 is 20.5 Å². The zero-order chi connectivity index (χ0) is 15.0. The van der Waals surface area contributed by atoms with E-state index in [2.05, 4.69) is 5.32 Å². The number of halogens is 2. The van der Waals surface area contributed by atoms with Gasteiger partial charge in [0.15, 0.2) is 5.75 Å². The summed E-state index contributed by atoms with van der Waals surface area (Å²) >= 11 is 6.08. The van der Waals surface area contributed by atoms with E-state index in [1.165, 1.54) is 0 Å². The minimum absolute atomic E-state index is 0. The number of ether oxygens (including phenoxy) is 2. The van der Waals surface area contributed by atoms with Crippen LogP contribution in [0.3, 0.4) is 0 Å². The first kappa shape index (κ1) is 20.0. The average Bonchev–Trinajstić information content (AvgIpc) is 2.42. The molecule has 0 spiro atoms. The Morgan fingerprint density at radius 1 is 1.43 bits per heavy atom. The van der Waals surface area contributed by atoms with Crippen molar-refractivity contribution < 1.29 is 14.3 Å². The minimum Gasteiger partial charge on any atom is -0.487 e. The Morgan fingerprint density at radius 2 is 2.14 bits per heavy atom. The number of hydrogen-bond donors (Lipinski definition) is 2. The van der Waals surface area contributed by atoms with E-state index in [1.807, 2.05) is 6.92 Å². The molecule has 120 valence electrons. The lowest BCUT2D eigenvalue weighted by molar-refractivity contribution is -0.117. The van der Waals surface area contributed by atoms with E-state index >= 15 is 0 Å². The lowest BCUT2D eigenvalue weighted by Gasteiger charge is -2.16. The van der Waals surface area contributed by atoms with Crippen LogP contribution in [0.25, 0.3) is 0 Å². The van der Waals surface area contributed by atoms with E-state index in [0.29, 0.717) is 36.1 Å². The summed E-state index contributed by atoms with van der Waals surface area (Å²) in [5.74, 6) is 0.189. The van der Waals surface area contributed by atoms with Gasteiger partial charge in [0.05, 0.1) is 23.4 Å². The molecule has 21 heavy (non-hydrogen) atoms. The SMILES string of the molecule is CCCC(N)C(=O)Nc1cccc(Cl)c1OCCOC.Cl. The van der Waals surface area contributed by atoms with Gasteiger partial charge >= 0.3 is 0 Å². The van der Waals surface area contributed by atoms with Crippen LogP contribution in [0, 0.1) is 0 Å². The van der Waals surface area contributed by atoms with Crippen LogP contribution in [0.5, 0.6) is 5.75 Å². The molecule has 0 heterocycles. The molecule has 1 atom stereocenters. The molecule has 1 amide bonds. The maximum Gasteiger partial charge on any atom is 0.241 e. The van der Waals surface area contributed by atoms with Gasteiger partial charge in [-0.3, -0.25) is 4.79 Å². The molecule has 0 aliphatic heterocycles. The van der Waals surface area contributed by atoms with Crippen LogP contribution in [0.15, 0.2) is 18.2 Å². The zero-order valence-electron chi connectivity index (χ0n) is 12.2. The molecule has 0 aliphatic rings. The number of nitrogens with one attached hydrogen (secondary N) is 1. The first-order valence-electron chi connectivity index (χ1n) is 6.56. The van der Waals surface area contributed by atoms with E-state index in [1.54, 1.807) is 25.3 Å². The van der Waals surface area contributed by atoms with Crippen molar-refractivity contribution in [2.24, 2.45) is 5.73 Å². The van der Waals surface area contributed by atoms with Crippen molar-refractivity contribution in [2.45, 2.75) is 25.8 Å². The summed E-state index contributed by atoms with van der Waals surface area (Å²) in [6, 6.07) is 4.63. The monoisotopic (exact) mass is 336 g/mol. The number of anilines is 1. The molecule has 0 bridgehead atoms. The van der Waals surface area contributed by atoms with Gasteiger partial charge in [0.2, 0.25) is 5.91 Å². The van der Waals surface area contributed by atoms with E-state index < -0.39 is 6.04 Å². The first-order valence-corrected chi connectivity index (χ1v) is 6.94. The first-order chi connectivity index (χ1) is 9.60. The van der Waals surface area contributed by atoms with Crippen molar-refractivity contribution in [2.75, 3.05) is 25.6 Å². The highest BCUT2D eigenvalue weighted by atomic mass is 35.5. The molecule has 1 rings (SSSR count). The molecular formula is C14H22Cl2N2O3. The van der Waals surface area contributed by atoms with Gasteiger partial charge in [-0.2, -0.15) is 0 Å². The second-order valence-electron chi connectivity index (χ2n) is 4.34. The van der Waals surface area contributed by atoms with Gasteiger partial charge in [0.25, 0.3) is 0 Å². The standard InChI is InChI=1S/C14H21ClN2O3.ClH/c1-3-5-11(16)14(18)17-12-7-4-6-10(15)13(12)20-9-8-19-2;/h4,6-7,11H,3,5,8-9,16H2,1-2H3,(H,17,18);1H. The van der Waals surface area contributed by atoms with Crippen molar-refractivity contribution >= 4 is 35.6 Å². The van der Waals surface area contributed by atoms with E-state index in [0.717, 1.165) is 6.42 Å². The topological polar surface area (TPSA) is 73.6 Å². The lowest BCUT2D eigenvalue weighted by atomic mass is 10.1. The van der Waals surface area contributed by atoms with Gasteiger partial charge in [-0.15, -0.1) is 12.4 Å². The smallest absolute Gasteiger partial charge is 0.241 e. The molecule has 5 nitrogen and oxygen atoms in total. The highest BCUT2D eigenvalue weighted by Crippen LogP contribution is 2.33. The molecule has 1 aromatic rings. The highest BCUT2D eigenvalue weighted by Gasteiger charge is 2.16. The maximum absolute atomic E-state index is 11.9. The average molecular weight is 337 g/mol. The number of hydrogen-bond acceptors (Lipinski definition) is 4. The fourth-order valence-corrected chi connectivity index (χ4v) is 1.88. The molecule has 0 aromatic heterocycles. The highest BCUT2D eigenvalue weighted by molar-refractivity contribution is 6.32. The van der Waals surface area contributed by atoms with E-state index in [4.69, 9.17) is 26.8 Å². The Labute approximate surface area is 136 Å². The Hall–Kier alpha value is -1.01. The normalized spacial score (nSPS) is 11.4. The van der Waals surface area contributed by atoms with Crippen molar-refractivity contribution in [1.82, 2.24) is 0 Å². The molecule has 0 saturated carbocycles. The summed E-state index contributed by atoms with van der Waals surface area (Å²) in [6.45, 7) is 2.77. The molecule has 0 radical (unpaired) electrons. The summed E-state index contributed by atoms with van der Waals surface area (Å²) in [5, 5.41) is 3.18. The minimum atomic E-state index is -0.536. The molecule has 7 heteroatoms. The molecule has 0 fully saturated rings. The van der Waals surface area contributed by atoms with E-state index in [9.17, 15) is 4.79 Å². The van der Waals surface area contributed by atoms with Crippen LogP contribution in [0.4, 0.5) is 5.69 Å². The lowest BCUT2D eigenvalue weighted by Crippen LogP contribution is -2.35. The van der Waals surface area contributed by atoms with Gasteiger partial charge in [0, 0.05) is 7.11 Å². The third-order valence-electron chi connectivity index (χ3n) is 2.70. The third kappa shape index (κ3) is 6.52. The van der Waals surface area contributed by atoms with Crippen LogP contribution in [0.2, 0.25) is 5.02 Å². The van der Waals surface area contributed by atoms with Crippen LogP contribution in [-0.4, -0.2) is 32.3 Å². The van der Waals surface area contributed by atoms with Crippen LogP contribution >= 0.6 is 24.0 Å². The molecule has 0 aliphatic carbocycles. The van der Waals surface area contributed by atoms with Crippen LogP contribution < -0.4 is 15.8 Å². The number of rotatable bonds is 8. The number of methoxy groups -OCH3 is 1. The summed E-state index contributed by atoms with van der Waals surface area (Å²) in [4.78, 5) is 11.9. The quantitative estimate of drug-likeness (QED) is 0.716. The Morgan fingerprint density at radius 3 is 2.76 bits per heavy atom. The van der Waals surface area contributed by atoms with Gasteiger partial charge in [-0.25, -0.2) is 0 Å². The van der Waals surface area contributed by atoms with Gasteiger partial charge in [-0.05, 0) is 18.6 Å². The Balaban J connectivity index is 0.00000400. The fourth-order valence-electron chi connectivity index (χ4n) is 1.65. The van der Waals surface area contributed by atoms with Gasteiger partial charge in [0.1, 0.15) is 6.61 Å². The number of carbonyl (C=O) groups is 1. The maximum atomic E-state index is 11.9. The number of benzene rings is 1.